The molecule has 100 valence electrons. The van der Waals surface area contributed by atoms with E-state index in [1.807, 2.05) is 6.92 Å². The number of nitrogens with one attached hydrogen (secondary N) is 1. The van der Waals surface area contributed by atoms with Crippen molar-refractivity contribution >= 4 is 31.6 Å². The predicted molar refractivity (Wildman–Crippen MR) is 76.1 cm³/mol. The Balaban J connectivity index is 2.33. The standard InChI is InChI=1S/C13H11BrFNO2S/c1-9-2-5-11(6-3-9)19(17,18)16-13-7-4-10(15)8-12(13)14/h2-8,16H,1H3. The van der Waals surface area contributed by atoms with Crippen molar-refractivity contribution in [3.63, 3.8) is 0 Å². The molecule has 3 nitrogen and oxygen atoms in total. The van der Waals surface area contributed by atoms with Gasteiger partial charge in [-0.1, -0.05) is 17.7 Å². The van der Waals surface area contributed by atoms with Gasteiger partial charge in [-0.3, -0.25) is 4.72 Å². The molecule has 0 aromatic heterocycles. The van der Waals surface area contributed by atoms with E-state index < -0.39 is 15.8 Å². The molecule has 2 aromatic rings. The molecule has 6 heteroatoms. The van der Waals surface area contributed by atoms with Crippen molar-refractivity contribution in [2.24, 2.45) is 0 Å². The quantitative estimate of drug-likeness (QED) is 0.923. The van der Waals surface area contributed by atoms with Gasteiger partial charge in [0.15, 0.2) is 0 Å². The number of hydrogen-bond acceptors (Lipinski definition) is 2. The number of sulfonamides is 1. The van der Waals surface area contributed by atoms with Crippen LogP contribution in [0.1, 0.15) is 5.56 Å². The van der Waals surface area contributed by atoms with E-state index in [1.165, 1.54) is 30.3 Å². The lowest BCUT2D eigenvalue weighted by atomic mass is 10.2. The summed E-state index contributed by atoms with van der Waals surface area (Å²) in [5.41, 5.74) is 1.27. The third kappa shape index (κ3) is 3.33. The summed E-state index contributed by atoms with van der Waals surface area (Å²) in [6.45, 7) is 1.88. The molecule has 0 aliphatic carbocycles. The number of aryl methyl sites for hydroxylation is 1. The second-order valence-electron chi connectivity index (χ2n) is 4.04. The van der Waals surface area contributed by atoms with Gasteiger partial charge >= 0.3 is 0 Å². The minimum absolute atomic E-state index is 0.161. The fourth-order valence-electron chi connectivity index (χ4n) is 1.49. The molecule has 0 bridgehead atoms. The summed E-state index contributed by atoms with van der Waals surface area (Å²) in [6, 6.07) is 10.2. The van der Waals surface area contributed by atoms with E-state index in [4.69, 9.17) is 0 Å². The molecule has 0 saturated heterocycles. The van der Waals surface area contributed by atoms with Crippen LogP contribution in [0.4, 0.5) is 10.1 Å². The first-order valence-corrected chi connectivity index (χ1v) is 7.71. The highest BCUT2D eigenvalue weighted by Gasteiger charge is 2.15. The van der Waals surface area contributed by atoms with Gasteiger partial charge in [0.2, 0.25) is 0 Å². The van der Waals surface area contributed by atoms with Crippen LogP contribution in [0.5, 0.6) is 0 Å². The van der Waals surface area contributed by atoms with Crippen molar-refractivity contribution in [3.8, 4) is 0 Å². The van der Waals surface area contributed by atoms with Gasteiger partial charge in [-0.15, -0.1) is 0 Å². The normalized spacial score (nSPS) is 11.3. The summed E-state index contributed by atoms with van der Waals surface area (Å²) in [6.07, 6.45) is 0. The Labute approximate surface area is 119 Å². The van der Waals surface area contributed by atoms with E-state index in [0.717, 1.165) is 5.56 Å². The van der Waals surface area contributed by atoms with E-state index >= 15 is 0 Å². The smallest absolute Gasteiger partial charge is 0.261 e. The maximum absolute atomic E-state index is 12.9. The highest BCUT2D eigenvalue weighted by atomic mass is 79.9. The third-order valence-electron chi connectivity index (χ3n) is 2.51. The molecule has 0 radical (unpaired) electrons. The highest BCUT2D eigenvalue weighted by molar-refractivity contribution is 9.10. The second kappa shape index (κ2) is 5.30. The van der Waals surface area contributed by atoms with Crippen LogP contribution in [0.15, 0.2) is 51.8 Å². The molecular formula is C13H11BrFNO2S. The summed E-state index contributed by atoms with van der Waals surface area (Å²) < 4.78 is 39.9. The molecule has 0 aliphatic heterocycles. The lowest BCUT2D eigenvalue weighted by Gasteiger charge is -2.10. The van der Waals surface area contributed by atoms with Gasteiger partial charge in [-0.25, -0.2) is 12.8 Å². The molecule has 2 aromatic carbocycles. The lowest BCUT2D eigenvalue weighted by Crippen LogP contribution is -2.13. The first kappa shape index (κ1) is 14.0. The summed E-state index contributed by atoms with van der Waals surface area (Å²) in [4.78, 5) is 0.161. The molecule has 1 N–H and O–H groups in total. The Morgan fingerprint density at radius 3 is 2.32 bits per heavy atom. The van der Waals surface area contributed by atoms with Crippen LogP contribution in [-0.4, -0.2) is 8.42 Å². The average Bonchev–Trinajstić information content (AvgIpc) is 2.33. The van der Waals surface area contributed by atoms with Crippen LogP contribution >= 0.6 is 15.9 Å². The zero-order valence-electron chi connectivity index (χ0n) is 10.0. The minimum atomic E-state index is -3.67. The Morgan fingerprint density at radius 1 is 1.11 bits per heavy atom. The van der Waals surface area contributed by atoms with Gasteiger partial charge in [0.1, 0.15) is 5.82 Å². The Kier molecular flexibility index (Phi) is 3.91. The van der Waals surface area contributed by atoms with Crippen molar-refractivity contribution in [2.75, 3.05) is 4.72 Å². The van der Waals surface area contributed by atoms with Crippen molar-refractivity contribution < 1.29 is 12.8 Å². The SMILES string of the molecule is Cc1ccc(S(=O)(=O)Nc2ccc(F)cc2Br)cc1. The zero-order valence-corrected chi connectivity index (χ0v) is 12.4. The number of anilines is 1. The molecule has 0 amide bonds. The van der Waals surface area contributed by atoms with Crippen LogP contribution in [0.25, 0.3) is 0 Å². The van der Waals surface area contributed by atoms with E-state index in [-0.39, 0.29) is 4.90 Å². The summed E-state index contributed by atoms with van der Waals surface area (Å²) >= 11 is 3.12. The van der Waals surface area contributed by atoms with Crippen molar-refractivity contribution in [1.82, 2.24) is 0 Å². The molecule has 0 heterocycles. The van der Waals surface area contributed by atoms with Gasteiger partial charge in [-0.05, 0) is 53.2 Å². The monoisotopic (exact) mass is 343 g/mol. The molecule has 0 saturated carbocycles. The molecule has 19 heavy (non-hydrogen) atoms. The first-order valence-electron chi connectivity index (χ1n) is 5.43. The average molecular weight is 344 g/mol. The molecule has 0 aliphatic rings. The van der Waals surface area contributed by atoms with E-state index in [1.54, 1.807) is 12.1 Å². The van der Waals surface area contributed by atoms with E-state index in [0.29, 0.717) is 10.2 Å². The molecule has 0 spiro atoms. The fraction of sp³-hybridized carbons (Fsp3) is 0.0769. The molecular weight excluding hydrogens is 333 g/mol. The van der Waals surface area contributed by atoms with Crippen LogP contribution in [0, 0.1) is 12.7 Å². The number of hydrogen-bond donors (Lipinski definition) is 1. The topological polar surface area (TPSA) is 46.2 Å². The Bertz CT molecular complexity index is 699. The summed E-state index contributed by atoms with van der Waals surface area (Å²) in [7, 11) is -3.67. The van der Waals surface area contributed by atoms with Gasteiger partial charge in [0.25, 0.3) is 10.0 Å². The molecule has 0 unspecified atom stereocenters. The van der Waals surface area contributed by atoms with E-state index in [9.17, 15) is 12.8 Å². The van der Waals surface area contributed by atoms with Crippen LogP contribution in [0.2, 0.25) is 0 Å². The Hall–Kier alpha value is -1.40. The minimum Gasteiger partial charge on any atom is -0.278 e. The van der Waals surface area contributed by atoms with Gasteiger partial charge < -0.3 is 0 Å². The zero-order chi connectivity index (χ0) is 14.0. The van der Waals surface area contributed by atoms with Gasteiger partial charge in [-0.2, -0.15) is 0 Å². The first-order chi connectivity index (χ1) is 8.88. The second-order valence-corrected chi connectivity index (χ2v) is 6.58. The summed E-state index contributed by atoms with van der Waals surface area (Å²) in [5, 5.41) is 0. The van der Waals surface area contributed by atoms with Crippen LogP contribution in [-0.2, 0) is 10.0 Å². The molecule has 0 fully saturated rings. The fourth-order valence-corrected chi connectivity index (χ4v) is 3.15. The van der Waals surface area contributed by atoms with Crippen LogP contribution in [0.3, 0.4) is 0 Å². The largest absolute Gasteiger partial charge is 0.278 e. The van der Waals surface area contributed by atoms with Gasteiger partial charge in [0, 0.05) is 4.47 Å². The number of benzene rings is 2. The van der Waals surface area contributed by atoms with Crippen molar-refractivity contribution in [1.29, 1.82) is 0 Å². The maximum Gasteiger partial charge on any atom is 0.261 e. The Morgan fingerprint density at radius 2 is 1.74 bits per heavy atom. The van der Waals surface area contributed by atoms with Gasteiger partial charge in [0.05, 0.1) is 10.6 Å². The molecule has 0 atom stereocenters. The van der Waals surface area contributed by atoms with Crippen molar-refractivity contribution in [2.45, 2.75) is 11.8 Å². The highest BCUT2D eigenvalue weighted by Crippen LogP contribution is 2.25. The number of halogens is 2. The third-order valence-corrected chi connectivity index (χ3v) is 4.54. The molecule has 2 rings (SSSR count). The lowest BCUT2D eigenvalue weighted by molar-refractivity contribution is 0.601. The van der Waals surface area contributed by atoms with Crippen molar-refractivity contribution in [3.05, 3.63) is 58.3 Å². The maximum atomic E-state index is 12.9. The summed E-state index contributed by atoms with van der Waals surface area (Å²) in [5.74, 6) is -0.440. The number of rotatable bonds is 3. The van der Waals surface area contributed by atoms with Crippen LogP contribution < -0.4 is 4.72 Å². The predicted octanol–water partition coefficient (Wildman–Crippen LogP) is 3.70. The van der Waals surface area contributed by atoms with E-state index in [2.05, 4.69) is 20.7 Å².